The van der Waals surface area contributed by atoms with E-state index in [1.807, 2.05) is 0 Å². The highest BCUT2D eigenvalue weighted by atomic mass is 31.2. The molecule has 1 aliphatic rings. The summed E-state index contributed by atoms with van der Waals surface area (Å²) >= 11 is 0. The zero-order chi connectivity index (χ0) is 39.3. The van der Waals surface area contributed by atoms with Crippen LogP contribution in [0.4, 0.5) is 0 Å². The second-order valence-corrected chi connectivity index (χ2v) is 16.3. The maximum Gasteiger partial charge on any atom is 0.472 e. The molecule has 14 heteroatoms. The lowest BCUT2D eigenvalue weighted by Crippen LogP contribution is -2.64. The van der Waals surface area contributed by atoms with Gasteiger partial charge in [0.25, 0.3) is 0 Å². The predicted molar refractivity (Wildman–Crippen MR) is 203 cm³/mol. The zero-order valence-corrected chi connectivity index (χ0v) is 33.7. The van der Waals surface area contributed by atoms with E-state index < -0.39 is 75.7 Å². The molecular formula is C39H75O13P. The van der Waals surface area contributed by atoms with Crippen LogP contribution in [-0.2, 0) is 32.7 Å². The van der Waals surface area contributed by atoms with Crippen LogP contribution >= 0.6 is 7.82 Å². The van der Waals surface area contributed by atoms with E-state index >= 15 is 0 Å². The molecule has 53 heavy (non-hydrogen) atoms. The topological polar surface area (TPSA) is 210 Å². The van der Waals surface area contributed by atoms with Gasteiger partial charge in [0.2, 0.25) is 0 Å². The molecule has 314 valence electrons. The van der Waals surface area contributed by atoms with Gasteiger partial charge >= 0.3 is 19.8 Å². The van der Waals surface area contributed by atoms with Crippen LogP contribution in [-0.4, -0.2) is 98.3 Å². The Labute approximate surface area is 319 Å². The highest BCUT2D eigenvalue weighted by Crippen LogP contribution is 2.47. The number of unbranched alkanes of at least 4 members (excludes halogenated alkanes) is 22. The average Bonchev–Trinajstić information content (AvgIpc) is 3.13. The van der Waals surface area contributed by atoms with Crippen LogP contribution in [0.1, 0.15) is 181 Å². The minimum Gasteiger partial charge on any atom is -0.462 e. The lowest BCUT2D eigenvalue weighted by Gasteiger charge is -2.41. The molecule has 0 bridgehead atoms. The van der Waals surface area contributed by atoms with Gasteiger partial charge in [0.15, 0.2) is 6.10 Å². The Kier molecular flexibility index (Phi) is 29.2. The summed E-state index contributed by atoms with van der Waals surface area (Å²) in [6.45, 7) is 3.19. The number of rotatable bonds is 34. The van der Waals surface area contributed by atoms with Crippen molar-refractivity contribution in [1.29, 1.82) is 0 Å². The normalized spacial score (nSPS) is 23.4. The van der Waals surface area contributed by atoms with Gasteiger partial charge < -0.3 is 39.9 Å². The van der Waals surface area contributed by atoms with Crippen LogP contribution < -0.4 is 0 Å². The Hall–Kier alpha value is -1.15. The molecule has 0 radical (unpaired) electrons. The average molecular weight is 783 g/mol. The van der Waals surface area contributed by atoms with E-state index in [0.717, 1.165) is 44.9 Å². The van der Waals surface area contributed by atoms with Gasteiger partial charge in [0.1, 0.15) is 43.2 Å². The molecule has 0 aromatic carbocycles. The van der Waals surface area contributed by atoms with Gasteiger partial charge in [-0.05, 0) is 12.8 Å². The molecule has 0 aromatic heterocycles. The summed E-state index contributed by atoms with van der Waals surface area (Å²) < 4.78 is 33.2. The van der Waals surface area contributed by atoms with Crippen LogP contribution in [0.3, 0.4) is 0 Å². The van der Waals surface area contributed by atoms with E-state index in [2.05, 4.69) is 13.8 Å². The Bertz CT molecular complexity index is 954. The molecule has 1 fully saturated rings. The molecule has 6 N–H and O–H groups in total. The number of carbonyl (C=O) groups excluding carboxylic acids is 2. The van der Waals surface area contributed by atoms with Crippen molar-refractivity contribution < 1.29 is 63.1 Å². The molecule has 1 rings (SSSR count). The quantitative estimate of drug-likeness (QED) is 0.0222. The monoisotopic (exact) mass is 782 g/mol. The summed E-state index contributed by atoms with van der Waals surface area (Å²) in [6.07, 6.45) is 15.2. The van der Waals surface area contributed by atoms with Crippen molar-refractivity contribution in [3.8, 4) is 0 Å². The number of aliphatic hydroxyl groups is 5. The number of hydrogen-bond acceptors (Lipinski definition) is 12. The number of esters is 2. The molecule has 0 heterocycles. The van der Waals surface area contributed by atoms with Crippen molar-refractivity contribution in [2.24, 2.45) is 0 Å². The van der Waals surface area contributed by atoms with E-state index in [4.69, 9.17) is 18.5 Å². The summed E-state index contributed by atoms with van der Waals surface area (Å²) in [5, 5.41) is 49.8. The molecule has 0 aromatic rings. The Morgan fingerprint density at radius 3 is 1.25 bits per heavy atom. The lowest BCUT2D eigenvalue weighted by atomic mass is 9.85. The second-order valence-electron chi connectivity index (χ2n) is 14.9. The van der Waals surface area contributed by atoms with Crippen LogP contribution in [0.2, 0.25) is 0 Å². The first-order valence-corrected chi connectivity index (χ1v) is 22.3. The summed E-state index contributed by atoms with van der Waals surface area (Å²) in [5.41, 5.74) is 0. The van der Waals surface area contributed by atoms with E-state index in [1.165, 1.54) is 96.3 Å². The molecule has 1 aliphatic carbocycles. The van der Waals surface area contributed by atoms with E-state index in [-0.39, 0.29) is 12.8 Å². The third-order valence-corrected chi connectivity index (χ3v) is 10.9. The van der Waals surface area contributed by atoms with Crippen LogP contribution in [0, 0.1) is 0 Å². The number of hydrogen-bond donors (Lipinski definition) is 6. The van der Waals surface area contributed by atoms with E-state index in [0.29, 0.717) is 12.8 Å². The molecule has 6 atom stereocenters. The van der Waals surface area contributed by atoms with Gasteiger partial charge in [0, 0.05) is 12.8 Å². The van der Waals surface area contributed by atoms with Gasteiger partial charge in [-0.2, -0.15) is 0 Å². The minimum atomic E-state index is -5.09. The minimum absolute atomic E-state index is 0.104. The van der Waals surface area contributed by atoms with E-state index in [9.17, 15) is 44.6 Å². The fraction of sp³-hybridized carbons (Fsp3) is 0.949. The third kappa shape index (κ3) is 24.2. The standard InChI is InChI=1S/C39H75O13P/c1-3-5-7-9-10-11-12-13-14-15-16-17-18-19-20-21-22-24-26-28-33(41)51-31(29-49-32(40)27-25-23-8-6-4-2)30-50-53(47,48)52-39-37(45)35(43)34(42)36(44)38(39)46/h31,34-39,42-46H,3-30H2,1-2H3,(H,47,48). The van der Waals surface area contributed by atoms with Crippen molar-refractivity contribution in [3.63, 3.8) is 0 Å². The highest BCUT2D eigenvalue weighted by Gasteiger charge is 2.51. The molecule has 0 aliphatic heterocycles. The third-order valence-electron chi connectivity index (χ3n) is 9.95. The van der Waals surface area contributed by atoms with E-state index in [1.54, 1.807) is 0 Å². The molecule has 1 saturated carbocycles. The van der Waals surface area contributed by atoms with Crippen molar-refractivity contribution in [3.05, 3.63) is 0 Å². The molecule has 13 nitrogen and oxygen atoms in total. The fourth-order valence-corrected chi connectivity index (χ4v) is 7.50. The summed E-state index contributed by atoms with van der Waals surface area (Å²) in [4.78, 5) is 35.2. The highest BCUT2D eigenvalue weighted by molar-refractivity contribution is 7.47. The Morgan fingerprint density at radius 2 is 0.849 bits per heavy atom. The number of phosphoric acid groups is 1. The largest absolute Gasteiger partial charge is 0.472 e. The van der Waals surface area contributed by atoms with Gasteiger partial charge in [0.05, 0.1) is 6.61 Å². The van der Waals surface area contributed by atoms with Crippen molar-refractivity contribution in [2.75, 3.05) is 13.2 Å². The zero-order valence-electron chi connectivity index (χ0n) is 32.8. The predicted octanol–water partition coefficient (Wildman–Crippen LogP) is 6.94. The summed E-state index contributed by atoms with van der Waals surface area (Å²) in [7, 11) is -5.09. The smallest absolute Gasteiger partial charge is 0.462 e. The summed E-state index contributed by atoms with van der Waals surface area (Å²) in [6, 6.07) is 0. The van der Waals surface area contributed by atoms with Crippen LogP contribution in [0.15, 0.2) is 0 Å². The number of carbonyl (C=O) groups is 2. The van der Waals surface area contributed by atoms with Crippen LogP contribution in [0.25, 0.3) is 0 Å². The molecule has 0 spiro atoms. The van der Waals surface area contributed by atoms with Crippen LogP contribution in [0.5, 0.6) is 0 Å². The Morgan fingerprint density at radius 1 is 0.509 bits per heavy atom. The first-order chi connectivity index (χ1) is 25.4. The lowest BCUT2D eigenvalue weighted by molar-refractivity contribution is -0.220. The first kappa shape index (κ1) is 49.9. The number of aliphatic hydroxyl groups excluding tert-OH is 5. The van der Waals surface area contributed by atoms with Gasteiger partial charge in [-0.25, -0.2) is 4.57 Å². The molecule has 0 saturated heterocycles. The fourth-order valence-electron chi connectivity index (χ4n) is 6.52. The first-order valence-electron chi connectivity index (χ1n) is 20.8. The molecule has 6 unspecified atom stereocenters. The maximum absolute atomic E-state index is 12.7. The second kappa shape index (κ2) is 31.0. The molecular weight excluding hydrogens is 707 g/mol. The van der Waals surface area contributed by atoms with Crippen molar-refractivity contribution in [2.45, 2.75) is 224 Å². The SMILES string of the molecule is CCCCCCCCCCCCCCCCCCCCCC(=O)OC(COC(=O)CCCCCCC)COP(=O)(O)OC1C(O)C(O)C(O)C(O)C1O. The number of phosphoric ester groups is 1. The number of ether oxygens (including phenoxy) is 2. The van der Waals surface area contributed by atoms with Gasteiger partial charge in [-0.3, -0.25) is 18.6 Å². The van der Waals surface area contributed by atoms with Crippen molar-refractivity contribution >= 4 is 19.8 Å². The van der Waals surface area contributed by atoms with Crippen molar-refractivity contribution in [1.82, 2.24) is 0 Å². The summed E-state index contributed by atoms with van der Waals surface area (Å²) in [5.74, 6) is -1.10. The Balaban J connectivity index is 2.37. The maximum atomic E-state index is 12.7. The van der Waals surface area contributed by atoms with Gasteiger partial charge in [-0.1, -0.05) is 155 Å². The van der Waals surface area contributed by atoms with Gasteiger partial charge in [-0.15, -0.1) is 0 Å². The molecule has 0 amide bonds.